The van der Waals surface area contributed by atoms with Crippen molar-refractivity contribution in [3.63, 3.8) is 0 Å². The second-order valence-electron chi connectivity index (χ2n) is 9.40. The number of nitrogens with zero attached hydrogens (tertiary/aromatic N) is 3. The Hall–Kier alpha value is -2.85. The maximum Gasteiger partial charge on any atom is 0.228 e. The average molecular weight is 492 g/mol. The summed E-state index contributed by atoms with van der Waals surface area (Å²) in [4.78, 5) is 21.5. The average Bonchev–Trinajstić information content (AvgIpc) is 3.19. The van der Waals surface area contributed by atoms with E-state index in [1.165, 1.54) is 6.07 Å². The second kappa shape index (κ2) is 9.42. The predicted molar refractivity (Wildman–Crippen MR) is 135 cm³/mol. The summed E-state index contributed by atoms with van der Waals surface area (Å²) >= 11 is 0. The number of nitrogens with one attached hydrogen (secondary N) is 2. The monoisotopic (exact) mass is 491 g/mol. The first-order valence-electron chi connectivity index (χ1n) is 11.4. The smallest absolute Gasteiger partial charge is 0.228 e. The molecule has 34 heavy (non-hydrogen) atoms. The van der Waals surface area contributed by atoms with Gasteiger partial charge in [0.1, 0.15) is 11.3 Å². The third-order valence-corrected chi connectivity index (χ3v) is 7.04. The minimum absolute atomic E-state index is 0. The van der Waals surface area contributed by atoms with E-state index in [4.69, 9.17) is 0 Å². The molecule has 0 bridgehead atoms. The SMILES string of the molecule is Cc1cnc(NC(=O)[C@H]2CCC[C@@H](NS(C)(=O)=O)C2)cc1-c1cc(F)c2ncn(C(C)C)c2c1.[HH].[HH]. The quantitative estimate of drug-likeness (QED) is 0.521. The summed E-state index contributed by atoms with van der Waals surface area (Å²) in [5.74, 6) is -0.530. The van der Waals surface area contributed by atoms with Crippen LogP contribution in [-0.2, 0) is 14.8 Å². The number of carbonyl (C=O) groups excluding carboxylic acids is 1. The molecule has 2 N–H and O–H groups in total. The van der Waals surface area contributed by atoms with Crippen LogP contribution < -0.4 is 10.0 Å². The number of aromatic nitrogens is 3. The minimum atomic E-state index is -3.33. The van der Waals surface area contributed by atoms with Crippen LogP contribution in [0.25, 0.3) is 22.2 Å². The lowest BCUT2D eigenvalue weighted by Crippen LogP contribution is -2.40. The summed E-state index contributed by atoms with van der Waals surface area (Å²) in [5, 5.41) is 2.87. The number of rotatable bonds is 6. The lowest BCUT2D eigenvalue weighted by molar-refractivity contribution is -0.121. The van der Waals surface area contributed by atoms with Crippen LogP contribution in [-0.4, -0.2) is 41.2 Å². The number of imidazole rings is 1. The molecule has 2 aromatic heterocycles. The van der Waals surface area contributed by atoms with Gasteiger partial charge in [-0.2, -0.15) is 0 Å². The third-order valence-electron chi connectivity index (χ3n) is 6.28. The van der Waals surface area contributed by atoms with Gasteiger partial charge in [-0.15, -0.1) is 0 Å². The second-order valence-corrected chi connectivity index (χ2v) is 11.2. The summed E-state index contributed by atoms with van der Waals surface area (Å²) in [6, 6.07) is 4.99. The van der Waals surface area contributed by atoms with E-state index in [9.17, 15) is 17.6 Å². The van der Waals surface area contributed by atoms with Crippen LogP contribution in [0.2, 0.25) is 0 Å². The van der Waals surface area contributed by atoms with E-state index < -0.39 is 15.8 Å². The molecular formula is C24H34FN5O3S. The number of aryl methyl sites for hydroxylation is 1. The molecule has 1 saturated carbocycles. The van der Waals surface area contributed by atoms with E-state index in [0.717, 1.165) is 23.8 Å². The van der Waals surface area contributed by atoms with Gasteiger partial charge in [0, 0.05) is 27.1 Å². The molecule has 2 atom stereocenters. The summed E-state index contributed by atoms with van der Waals surface area (Å²) in [5.41, 5.74) is 3.33. The van der Waals surface area contributed by atoms with Crippen molar-refractivity contribution in [3.8, 4) is 11.1 Å². The molecule has 2 heterocycles. The van der Waals surface area contributed by atoms with Crippen LogP contribution in [0.1, 0.15) is 54.0 Å². The number of amides is 1. The Morgan fingerprint density at radius 1 is 1.24 bits per heavy atom. The Kier molecular flexibility index (Phi) is 6.73. The molecule has 1 fully saturated rings. The van der Waals surface area contributed by atoms with Crippen LogP contribution in [0.15, 0.2) is 30.7 Å². The summed E-state index contributed by atoms with van der Waals surface area (Å²) in [6.07, 6.45) is 7.03. The van der Waals surface area contributed by atoms with Crippen molar-refractivity contribution in [1.82, 2.24) is 19.3 Å². The Morgan fingerprint density at radius 2 is 2.00 bits per heavy atom. The lowest BCUT2D eigenvalue weighted by atomic mass is 9.85. The van der Waals surface area contributed by atoms with Crippen LogP contribution in [0.4, 0.5) is 10.2 Å². The standard InChI is InChI=1S/C24H30FN5O3S.2H2/c1-14(2)30-13-27-23-20(25)9-17(10-21(23)30)19-11-22(26-12-15(19)3)28-24(31)16-6-5-7-18(8-16)29-34(4,32)33;;/h9-14,16,18,29H,5-8H2,1-4H3,(H,26,28,31);2*1H/t16-,18+;;/m0../s1. The fraction of sp³-hybridized carbons (Fsp3) is 0.458. The maximum absolute atomic E-state index is 14.8. The van der Waals surface area contributed by atoms with E-state index in [2.05, 4.69) is 20.0 Å². The van der Waals surface area contributed by atoms with Crippen LogP contribution >= 0.6 is 0 Å². The van der Waals surface area contributed by atoms with Gasteiger partial charge in [0.15, 0.2) is 5.82 Å². The zero-order valence-electron chi connectivity index (χ0n) is 19.8. The molecule has 0 saturated heterocycles. The Morgan fingerprint density at radius 3 is 2.71 bits per heavy atom. The number of hydrogen-bond donors (Lipinski definition) is 2. The van der Waals surface area contributed by atoms with Crippen molar-refractivity contribution < 1.29 is 20.5 Å². The number of anilines is 1. The molecule has 186 valence electrons. The van der Waals surface area contributed by atoms with Crippen LogP contribution in [0.3, 0.4) is 0 Å². The molecule has 0 radical (unpaired) electrons. The molecule has 0 unspecified atom stereocenters. The molecule has 1 aromatic carbocycles. The summed E-state index contributed by atoms with van der Waals surface area (Å²) in [7, 11) is -3.33. The van der Waals surface area contributed by atoms with Crippen molar-refractivity contribution in [3.05, 3.63) is 42.1 Å². The van der Waals surface area contributed by atoms with Crippen molar-refractivity contribution >= 4 is 32.8 Å². The highest BCUT2D eigenvalue weighted by Crippen LogP contribution is 2.31. The number of pyridine rings is 1. The van der Waals surface area contributed by atoms with Crippen LogP contribution in [0, 0.1) is 18.7 Å². The number of halogens is 1. The van der Waals surface area contributed by atoms with Gasteiger partial charge in [-0.05, 0) is 74.9 Å². The van der Waals surface area contributed by atoms with Gasteiger partial charge in [0.05, 0.1) is 18.1 Å². The minimum Gasteiger partial charge on any atom is -0.328 e. The predicted octanol–water partition coefficient (Wildman–Crippen LogP) is 4.67. The Balaban J connectivity index is 0.00000228. The highest BCUT2D eigenvalue weighted by atomic mass is 32.2. The molecule has 0 spiro atoms. The largest absolute Gasteiger partial charge is 0.328 e. The number of carbonyl (C=O) groups is 1. The van der Waals surface area contributed by atoms with Gasteiger partial charge in [-0.1, -0.05) is 6.42 Å². The van der Waals surface area contributed by atoms with Crippen molar-refractivity contribution in [2.24, 2.45) is 5.92 Å². The van der Waals surface area contributed by atoms with E-state index >= 15 is 0 Å². The molecule has 0 aliphatic heterocycles. The van der Waals surface area contributed by atoms with E-state index in [1.54, 1.807) is 18.6 Å². The van der Waals surface area contributed by atoms with Crippen molar-refractivity contribution in [2.75, 3.05) is 11.6 Å². The van der Waals surface area contributed by atoms with Gasteiger partial charge in [-0.3, -0.25) is 4.79 Å². The molecule has 1 aliphatic carbocycles. The van der Waals surface area contributed by atoms with Crippen molar-refractivity contribution in [1.29, 1.82) is 0 Å². The summed E-state index contributed by atoms with van der Waals surface area (Å²) < 4.78 is 42.5. The van der Waals surface area contributed by atoms with Crippen LogP contribution in [0.5, 0.6) is 0 Å². The maximum atomic E-state index is 14.8. The fourth-order valence-electron chi connectivity index (χ4n) is 4.63. The molecule has 4 rings (SSSR count). The first kappa shape index (κ1) is 24.3. The van der Waals surface area contributed by atoms with Gasteiger partial charge < -0.3 is 9.88 Å². The van der Waals surface area contributed by atoms with Crippen molar-refractivity contribution in [2.45, 2.75) is 58.5 Å². The number of fused-ring (bicyclic) bond motifs is 1. The van der Waals surface area contributed by atoms with Gasteiger partial charge in [0.2, 0.25) is 15.9 Å². The highest BCUT2D eigenvalue weighted by molar-refractivity contribution is 7.88. The Bertz CT molecular complexity index is 1350. The first-order valence-corrected chi connectivity index (χ1v) is 13.3. The highest BCUT2D eigenvalue weighted by Gasteiger charge is 2.29. The van der Waals surface area contributed by atoms with Gasteiger partial charge in [0.25, 0.3) is 0 Å². The normalized spacial score (nSPS) is 19.0. The molecular weight excluding hydrogens is 457 g/mol. The molecule has 10 heteroatoms. The molecule has 8 nitrogen and oxygen atoms in total. The van der Waals surface area contributed by atoms with Gasteiger partial charge in [-0.25, -0.2) is 27.5 Å². The third kappa shape index (κ3) is 5.28. The zero-order valence-corrected chi connectivity index (χ0v) is 20.6. The topological polar surface area (TPSA) is 106 Å². The number of benzene rings is 1. The lowest BCUT2D eigenvalue weighted by Gasteiger charge is -2.28. The molecule has 3 aromatic rings. The van der Waals surface area contributed by atoms with E-state index in [0.29, 0.717) is 41.7 Å². The first-order chi connectivity index (χ1) is 16.0. The summed E-state index contributed by atoms with van der Waals surface area (Å²) in [6.45, 7) is 5.91. The Labute approximate surface area is 202 Å². The van der Waals surface area contributed by atoms with Gasteiger partial charge >= 0.3 is 0 Å². The molecule has 1 aliphatic rings. The number of sulfonamides is 1. The van der Waals surface area contributed by atoms with E-state index in [1.807, 2.05) is 31.4 Å². The zero-order chi connectivity index (χ0) is 24.6. The molecule has 1 amide bonds. The fourth-order valence-corrected chi connectivity index (χ4v) is 5.45. The van der Waals surface area contributed by atoms with E-state index in [-0.39, 0.29) is 26.8 Å². The number of hydrogen-bond acceptors (Lipinski definition) is 5.